The van der Waals surface area contributed by atoms with Gasteiger partial charge in [-0.15, -0.1) is 0 Å². The summed E-state index contributed by atoms with van der Waals surface area (Å²) in [7, 11) is 0. The fourth-order valence-corrected chi connectivity index (χ4v) is 2.58. The number of piperidine rings is 1. The number of nitrogens with zero attached hydrogens (tertiary/aromatic N) is 2. The van der Waals surface area contributed by atoms with Crippen LogP contribution in [0, 0.1) is 10.1 Å². The Morgan fingerprint density at radius 1 is 1.45 bits per heavy atom. The maximum atomic E-state index is 11.2. The summed E-state index contributed by atoms with van der Waals surface area (Å²) in [5, 5.41) is 20.3. The third-order valence-electron chi connectivity index (χ3n) is 3.60. The molecule has 1 fully saturated rings. The molecule has 1 aromatic carbocycles. The van der Waals surface area contributed by atoms with E-state index in [9.17, 15) is 10.1 Å². The lowest BCUT2D eigenvalue weighted by Crippen LogP contribution is -2.37. The highest BCUT2D eigenvalue weighted by atomic mass is 16.6. The summed E-state index contributed by atoms with van der Waals surface area (Å²) in [5.74, 6) is 0. The minimum absolute atomic E-state index is 0.0615. The van der Waals surface area contributed by atoms with E-state index in [1.807, 2.05) is 11.8 Å². The van der Waals surface area contributed by atoms with E-state index >= 15 is 0 Å². The number of hydrogen-bond donors (Lipinski definition) is 1. The van der Waals surface area contributed by atoms with Crippen molar-refractivity contribution < 1.29 is 14.8 Å². The van der Waals surface area contributed by atoms with Gasteiger partial charge in [0.2, 0.25) is 0 Å². The molecule has 6 nitrogen and oxygen atoms in total. The highest BCUT2D eigenvalue weighted by Crippen LogP contribution is 2.31. The van der Waals surface area contributed by atoms with Crippen LogP contribution in [0.3, 0.4) is 0 Å². The van der Waals surface area contributed by atoms with Crippen LogP contribution in [0.5, 0.6) is 0 Å². The molecule has 0 spiro atoms. The predicted molar refractivity (Wildman–Crippen MR) is 75.9 cm³/mol. The van der Waals surface area contributed by atoms with Crippen LogP contribution in [0.1, 0.15) is 25.3 Å². The maximum Gasteiger partial charge on any atom is 0.292 e. The predicted octanol–water partition coefficient (Wildman–Crippen LogP) is 2.09. The first-order valence-electron chi connectivity index (χ1n) is 6.90. The summed E-state index contributed by atoms with van der Waals surface area (Å²) in [6.07, 6.45) is 2.02. The molecular weight excluding hydrogens is 260 g/mol. The van der Waals surface area contributed by atoms with Gasteiger partial charge in [0.25, 0.3) is 5.69 Å². The van der Waals surface area contributed by atoms with E-state index < -0.39 is 0 Å². The number of benzene rings is 1. The van der Waals surface area contributed by atoms with Crippen molar-refractivity contribution >= 4 is 11.4 Å². The highest BCUT2D eigenvalue weighted by Gasteiger charge is 2.25. The number of nitro benzene ring substituents is 1. The molecule has 1 N–H and O–H groups in total. The highest BCUT2D eigenvalue weighted by molar-refractivity contribution is 5.64. The first-order chi connectivity index (χ1) is 9.65. The lowest BCUT2D eigenvalue weighted by molar-refractivity contribution is -0.384. The van der Waals surface area contributed by atoms with Crippen LogP contribution in [-0.4, -0.2) is 35.8 Å². The van der Waals surface area contributed by atoms with Crippen molar-refractivity contribution in [1.82, 2.24) is 0 Å². The molecular formula is C14H20N2O4. The zero-order chi connectivity index (χ0) is 14.5. The first-order valence-corrected chi connectivity index (χ1v) is 6.90. The molecule has 0 saturated carbocycles. The van der Waals surface area contributed by atoms with Crippen LogP contribution < -0.4 is 4.90 Å². The zero-order valence-corrected chi connectivity index (χ0v) is 11.6. The van der Waals surface area contributed by atoms with E-state index in [4.69, 9.17) is 9.84 Å². The quantitative estimate of drug-likeness (QED) is 0.660. The van der Waals surface area contributed by atoms with Gasteiger partial charge in [-0.2, -0.15) is 0 Å². The summed E-state index contributed by atoms with van der Waals surface area (Å²) in [6.45, 7) is 4.00. The van der Waals surface area contributed by atoms with Crippen LogP contribution in [0.25, 0.3) is 0 Å². The third-order valence-corrected chi connectivity index (χ3v) is 3.60. The van der Waals surface area contributed by atoms with Crippen molar-refractivity contribution in [2.24, 2.45) is 0 Å². The molecule has 0 amide bonds. The third kappa shape index (κ3) is 3.26. The number of aliphatic hydroxyl groups excluding tert-OH is 1. The number of rotatable bonds is 5. The minimum atomic E-state index is -0.386. The Hall–Kier alpha value is -1.66. The van der Waals surface area contributed by atoms with Crippen molar-refractivity contribution in [3.8, 4) is 0 Å². The van der Waals surface area contributed by atoms with E-state index in [-0.39, 0.29) is 23.3 Å². The topological polar surface area (TPSA) is 75.8 Å². The van der Waals surface area contributed by atoms with E-state index in [2.05, 4.69) is 0 Å². The van der Waals surface area contributed by atoms with Gasteiger partial charge in [-0.3, -0.25) is 10.1 Å². The maximum absolute atomic E-state index is 11.2. The van der Waals surface area contributed by atoms with E-state index in [0.29, 0.717) is 17.9 Å². The molecule has 2 rings (SSSR count). The molecule has 6 heteroatoms. The van der Waals surface area contributed by atoms with Gasteiger partial charge in [0.1, 0.15) is 5.69 Å². The molecule has 20 heavy (non-hydrogen) atoms. The van der Waals surface area contributed by atoms with Gasteiger partial charge in [0.15, 0.2) is 0 Å². The Balaban J connectivity index is 2.15. The van der Waals surface area contributed by atoms with Crippen LogP contribution >= 0.6 is 0 Å². The van der Waals surface area contributed by atoms with Crippen LogP contribution in [0.4, 0.5) is 11.4 Å². The number of aliphatic hydroxyl groups is 1. The minimum Gasteiger partial charge on any atom is -0.392 e. The average molecular weight is 280 g/mol. The van der Waals surface area contributed by atoms with E-state index in [1.54, 1.807) is 12.1 Å². The molecule has 110 valence electrons. The molecule has 0 atom stereocenters. The Morgan fingerprint density at radius 2 is 2.15 bits per heavy atom. The van der Waals surface area contributed by atoms with Crippen LogP contribution in [0.2, 0.25) is 0 Å². The number of anilines is 1. The molecule has 0 unspecified atom stereocenters. The summed E-state index contributed by atoms with van der Waals surface area (Å²) in [6, 6.07) is 4.91. The number of ether oxygens (including phenoxy) is 1. The van der Waals surface area contributed by atoms with E-state index in [1.165, 1.54) is 6.07 Å². The summed E-state index contributed by atoms with van der Waals surface area (Å²) in [5.41, 5.74) is 1.25. The van der Waals surface area contributed by atoms with E-state index in [0.717, 1.165) is 25.9 Å². The molecule has 1 heterocycles. The van der Waals surface area contributed by atoms with Crippen molar-refractivity contribution in [3.63, 3.8) is 0 Å². The van der Waals surface area contributed by atoms with Gasteiger partial charge >= 0.3 is 0 Å². The number of nitro groups is 1. The van der Waals surface area contributed by atoms with Gasteiger partial charge in [-0.1, -0.05) is 6.07 Å². The Labute approximate surface area is 118 Å². The fraction of sp³-hybridized carbons (Fsp3) is 0.571. The molecule has 1 aromatic rings. The normalized spacial score (nSPS) is 16.4. The molecule has 0 aromatic heterocycles. The summed E-state index contributed by atoms with van der Waals surface area (Å²) < 4.78 is 5.59. The van der Waals surface area contributed by atoms with Gasteiger partial charge in [-0.25, -0.2) is 0 Å². The second-order valence-corrected chi connectivity index (χ2v) is 4.88. The lowest BCUT2D eigenvalue weighted by atomic mass is 10.1. The Morgan fingerprint density at radius 3 is 2.70 bits per heavy atom. The van der Waals surface area contributed by atoms with Crippen LogP contribution in [-0.2, 0) is 11.3 Å². The van der Waals surface area contributed by atoms with Crippen molar-refractivity contribution in [2.75, 3.05) is 24.6 Å². The molecule has 1 aliphatic heterocycles. The van der Waals surface area contributed by atoms with Gasteiger partial charge in [0, 0.05) is 25.8 Å². The van der Waals surface area contributed by atoms with Crippen molar-refractivity contribution in [3.05, 3.63) is 33.9 Å². The zero-order valence-electron chi connectivity index (χ0n) is 11.6. The van der Waals surface area contributed by atoms with Crippen LogP contribution in [0.15, 0.2) is 18.2 Å². The molecule has 1 aliphatic rings. The SMILES string of the molecule is CCOC1CCN(c2ccc(CO)cc2[N+](=O)[O-])CC1. The summed E-state index contributed by atoms with van der Waals surface area (Å²) in [4.78, 5) is 12.8. The largest absolute Gasteiger partial charge is 0.392 e. The molecule has 0 bridgehead atoms. The Kier molecular flexibility index (Phi) is 4.92. The second-order valence-electron chi connectivity index (χ2n) is 4.88. The van der Waals surface area contributed by atoms with Gasteiger partial charge in [0.05, 0.1) is 17.6 Å². The standard InChI is InChI=1S/C14H20N2O4/c1-2-20-12-5-7-15(8-6-12)13-4-3-11(10-17)9-14(13)16(18)19/h3-4,9,12,17H,2,5-8,10H2,1H3. The lowest BCUT2D eigenvalue weighted by Gasteiger charge is -2.33. The van der Waals surface area contributed by atoms with Crippen molar-refractivity contribution in [1.29, 1.82) is 0 Å². The van der Waals surface area contributed by atoms with Crippen molar-refractivity contribution in [2.45, 2.75) is 32.5 Å². The summed E-state index contributed by atoms with van der Waals surface area (Å²) >= 11 is 0. The molecule has 0 radical (unpaired) electrons. The van der Waals surface area contributed by atoms with Gasteiger partial charge < -0.3 is 14.7 Å². The number of hydrogen-bond acceptors (Lipinski definition) is 5. The second kappa shape index (κ2) is 6.67. The molecule has 1 saturated heterocycles. The Bertz CT molecular complexity index is 470. The monoisotopic (exact) mass is 280 g/mol. The fourth-order valence-electron chi connectivity index (χ4n) is 2.58. The van der Waals surface area contributed by atoms with Gasteiger partial charge in [-0.05, 0) is 31.4 Å². The smallest absolute Gasteiger partial charge is 0.292 e. The molecule has 0 aliphatic carbocycles. The average Bonchev–Trinajstić information content (AvgIpc) is 2.48. The first kappa shape index (κ1) is 14.7.